The fourth-order valence-corrected chi connectivity index (χ4v) is 3.00. The third-order valence-corrected chi connectivity index (χ3v) is 4.43. The fourth-order valence-electron chi connectivity index (χ4n) is 2.27. The first-order chi connectivity index (χ1) is 13.0. The molecule has 0 unspecified atom stereocenters. The van der Waals surface area contributed by atoms with Crippen LogP contribution >= 0.6 is 11.3 Å². The lowest BCUT2D eigenvalue weighted by Gasteiger charge is -2.05. The summed E-state index contributed by atoms with van der Waals surface area (Å²) < 4.78 is 13.8. The molecule has 3 rings (SSSR count). The Morgan fingerprint density at radius 3 is 2.59 bits per heavy atom. The smallest absolute Gasteiger partial charge is 0.309 e. The summed E-state index contributed by atoms with van der Waals surface area (Å²) in [6.07, 6.45) is 1.52. The minimum atomic E-state index is -0.790. The molecule has 0 atom stereocenters. The summed E-state index contributed by atoms with van der Waals surface area (Å²) in [5, 5.41) is 7.21. The van der Waals surface area contributed by atoms with E-state index in [4.69, 9.17) is 5.73 Å². The van der Waals surface area contributed by atoms with Crippen molar-refractivity contribution in [3.05, 3.63) is 64.5 Å². The number of halogens is 1. The lowest BCUT2D eigenvalue weighted by Crippen LogP contribution is -2.39. The zero-order valence-corrected chi connectivity index (χ0v) is 14.9. The van der Waals surface area contributed by atoms with Crippen molar-refractivity contribution in [2.24, 2.45) is 0 Å². The second kappa shape index (κ2) is 8.37. The number of carbonyl (C=O) groups excluding carboxylic acids is 2. The molecule has 27 heavy (non-hydrogen) atoms. The summed E-state index contributed by atoms with van der Waals surface area (Å²) in [7, 11) is 0. The molecule has 0 aliphatic rings. The van der Waals surface area contributed by atoms with Gasteiger partial charge in [0.1, 0.15) is 10.8 Å². The van der Waals surface area contributed by atoms with Crippen LogP contribution in [0.3, 0.4) is 0 Å². The number of anilines is 1. The first kappa shape index (κ1) is 18.5. The number of carbonyl (C=O) groups is 2. The van der Waals surface area contributed by atoms with Crippen LogP contribution in [-0.4, -0.2) is 21.8 Å². The van der Waals surface area contributed by atoms with Crippen LogP contribution in [0.15, 0.2) is 48.0 Å². The van der Waals surface area contributed by atoms with Gasteiger partial charge < -0.3 is 16.4 Å². The number of thiazole rings is 1. The van der Waals surface area contributed by atoms with Gasteiger partial charge in [0.15, 0.2) is 0 Å². The molecule has 4 N–H and O–H groups in total. The van der Waals surface area contributed by atoms with E-state index in [0.717, 1.165) is 0 Å². The highest BCUT2D eigenvalue weighted by atomic mass is 32.1. The molecule has 0 aliphatic heterocycles. The molecule has 0 saturated carbocycles. The Morgan fingerprint density at radius 2 is 1.85 bits per heavy atom. The van der Waals surface area contributed by atoms with Crippen molar-refractivity contribution in [3.8, 4) is 11.3 Å². The van der Waals surface area contributed by atoms with E-state index in [0.29, 0.717) is 27.6 Å². The van der Waals surface area contributed by atoms with Crippen molar-refractivity contribution >= 4 is 28.8 Å². The SMILES string of the molecule is Nc1ccnc(CNC(=O)C(=O)NCc2nc(-c3ccccc3F)cs2)c1. The molecular weight excluding hydrogens is 369 g/mol. The first-order valence-electron chi connectivity index (χ1n) is 7.98. The average Bonchev–Trinajstić information content (AvgIpc) is 3.13. The monoisotopic (exact) mass is 385 g/mol. The summed E-state index contributed by atoms with van der Waals surface area (Å²) in [6, 6.07) is 9.54. The standard InChI is InChI=1S/C18H16FN5O2S/c19-14-4-2-1-3-13(14)15-10-27-16(24-15)9-23-18(26)17(25)22-8-12-7-11(20)5-6-21-12/h1-7,10H,8-9H2,(H2,20,21)(H,22,25)(H,23,26). The van der Waals surface area contributed by atoms with Gasteiger partial charge >= 0.3 is 11.8 Å². The maximum absolute atomic E-state index is 13.8. The maximum Gasteiger partial charge on any atom is 0.309 e. The third-order valence-electron chi connectivity index (χ3n) is 3.58. The Kier molecular flexibility index (Phi) is 5.72. The number of nitrogens with zero attached hydrogens (tertiary/aromatic N) is 2. The Bertz CT molecular complexity index is 976. The molecule has 0 spiro atoms. The van der Waals surface area contributed by atoms with Gasteiger partial charge in [-0.2, -0.15) is 0 Å². The van der Waals surface area contributed by atoms with Crippen LogP contribution in [0, 0.1) is 5.82 Å². The molecule has 9 heteroatoms. The molecule has 0 aliphatic carbocycles. The second-order valence-electron chi connectivity index (χ2n) is 5.55. The molecule has 0 fully saturated rings. The van der Waals surface area contributed by atoms with E-state index in [-0.39, 0.29) is 18.9 Å². The summed E-state index contributed by atoms with van der Waals surface area (Å²) in [6.45, 7) is 0.161. The quantitative estimate of drug-likeness (QED) is 0.581. The molecule has 3 aromatic rings. The normalized spacial score (nSPS) is 10.4. The van der Waals surface area contributed by atoms with Crippen molar-refractivity contribution in [2.45, 2.75) is 13.1 Å². The van der Waals surface area contributed by atoms with Gasteiger partial charge in [-0.3, -0.25) is 14.6 Å². The summed E-state index contributed by atoms with van der Waals surface area (Å²) >= 11 is 1.27. The van der Waals surface area contributed by atoms with E-state index in [1.165, 1.54) is 23.6 Å². The van der Waals surface area contributed by atoms with Gasteiger partial charge in [0.2, 0.25) is 0 Å². The average molecular weight is 385 g/mol. The van der Waals surface area contributed by atoms with Crippen LogP contribution in [0.5, 0.6) is 0 Å². The van der Waals surface area contributed by atoms with Gasteiger partial charge in [-0.05, 0) is 24.3 Å². The zero-order valence-electron chi connectivity index (χ0n) is 14.1. The Hall–Kier alpha value is -3.33. The van der Waals surface area contributed by atoms with Crippen molar-refractivity contribution in [3.63, 3.8) is 0 Å². The molecule has 7 nitrogen and oxygen atoms in total. The number of amides is 2. The van der Waals surface area contributed by atoms with Crippen molar-refractivity contribution in [1.82, 2.24) is 20.6 Å². The molecule has 2 amide bonds. The summed E-state index contributed by atoms with van der Waals surface area (Å²) in [5.41, 5.74) is 7.57. The lowest BCUT2D eigenvalue weighted by atomic mass is 10.2. The molecule has 1 aromatic carbocycles. The van der Waals surface area contributed by atoms with E-state index in [9.17, 15) is 14.0 Å². The van der Waals surface area contributed by atoms with E-state index in [2.05, 4.69) is 20.6 Å². The van der Waals surface area contributed by atoms with Crippen molar-refractivity contribution in [1.29, 1.82) is 0 Å². The maximum atomic E-state index is 13.8. The van der Waals surface area contributed by atoms with Crippen LogP contribution in [0.1, 0.15) is 10.7 Å². The molecule has 0 saturated heterocycles. The van der Waals surface area contributed by atoms with Crippen LogP contribution in [0.25, 0.3) is 11.3 Å². The summed E-state index contributed by atoms with van der Waals surface area (Å²) in [4.78, 5) is 32.1. The van der Waals surface area contributed by atoms with E-state index >= 15 is 0 Å². The number of aromatic nitrogens is 2. The number of hydrogen-bond donors (Lipinski definition) is 3. The van der Waals surface area contributed by atoms with Crippen LogP contribution in [0.2, 0.25) is 0 Å². The topological polar surface area (TPSA) is 110 Å². The number of nitrogens with one attached hydrogen (secondary N) is 2. The number of rotatable bonds is 5. The highest BCUT2D eigenvalue weighted by Gasteiger charge is 2.14. The fraction of sp³-hybridized carbons (Fsp3) is 0.111. The molecular formula is C18H16FN5O2S. The van der Waals surface area contributed by atoms with Gasteiger partial charge in [0.05, 0.1) is 24.5 Å². The highest BCUT2D eigenvalue weighted by Crippen LogP contribution is 2.24. The number of pyridine rings is 1. The Balaban J connectivity index is 1.52. The first-order valence-corrected chi connectivity index (χ1v) is 8.86. The molecule has 2 heterocycles. The number of hydrogen-bond acceptors (Lipinski definition) is 6. The molecule has 2 aromatic heterocycles. The Morgan fingerprint density at radius 1 is 1.11 bits per heavy atom. The highest BCUT2D eigenvalue weighted by molar-refractivity contribution is 7.09. The van der Waals surface area contributed by atoms with Gasteiger partial charge in [0, 0.05) is 22.8 Å². The predicted octanol–water partition coefficient (Wildman–Crippen LogP) is 1.86. The molecule has 138 valence electrons. The Labute approximate surface area is 158 Å². The van der Waals surface area contributed by atoms with Gasteiger partial charge in [0.25, 0.3) is 0 Å². The van der Waals surface area contributed by atoms with Gasteiger partial charge in [-0.25, -0.2) is 9.37 Å². The minimum absolute atomic E-state index is 0.0713. The van der Waals surface area contributed by atoms with Crippen LogP contribution in [0.4, 0.5) is 10.1 Å². The minimum Gasteiger partial charge on any atom is -0.399 e. The van der Waals surface area contributed by atoms with E-state index in [1.54, 1.807) is 35.7 Å². The lowest BCUT2D eigenvalue weighted by molar-refractivity contribution is -0.139. The van der Waals surface area contributed by atoms with Crippen molar-refractivity contribution in [2.75, 3.05) is 5.73 Å². The van der Waals surface area contributed by atoms with Gasteiger partial charge in [-0.1, -0.05) is 12.1 Å². The predicted molar refractivity (Wildman–Crippen MR) is 99.9 cm³/mol. The van der Waals surface area contributed by atoms with E-state index in [1.807, 2.05) is 0 Å². The second-order valence-corrected chi connectivity index (χ2v) is 6.49. The third kappa shape index (κ3) is 4.85. The number of nitrogen functional groups attached to an aromatic ring is 1. The van der Waals surface area contributed by atoms with Crippen molar-refractivity contribution < 1.29 is 14.0 Å². The van der Waals surface area contributed by atoms with E-state index < -0.39 is 11.8 Å². The van der Waals surface area contributed by atoms with Crippen LogP contribution < -0.4 is 16.4 Å². The number of benzene rings is 1. The largest absolute Gasteiger partial charge is 0.399 e. The molecule has 0 radical (unpaired) electrons. The molecule has 0 bridgehead atoms. The van der Waals surface area contributed by atoms with Gasteiger partial charge in [-0.15, -0.1) is 11.3 Å². The number of nitrogens with two attached hydrogens (primary N) is 1. The van der Waals surface area contributed by atoms with Crippen LogP contribution in [-0.2, 0) is 22.7 Å². The summed E-state index contributed by atoms with van der Waals surface area (Å²) in [5.74, 6) is -1.94. The zero-order chi connectivity index (χ0) is 19.2.